The Balaban J connectivity index is 2.19. The maximum atomic E-state index is 11.3. The molecule has 3 nitrogen and oxygen atoms in total. The average molecular weight is 274 g/mol. The van der Waals surface area contributed by atoms with Gasteiger partial charge in [-0.1, -0.05) is 48.5 Å². The minimum absolute atomic E-state index is 0.610. The lowest BCUT2D eigenvalue weighted by Crippen LogP contribution is -2.24. The standard InChI is InChI=1S/C15H14O3S/c16-13(11-7-3-1-4-8-11)14(15(17)18)19-12-9-5-2-6-10-12/h1-10,13-14,16H,(H,17,18)/t13-,14+/m1/s1. The molecule has 0 aliphatic heterocycles. The molecule has 0 amide bonds. The molecule has 0 saturated heterocycles. The van der Waals surface area contributed by atoms with E-state index >= 15 is 0 Å². The van der Waals surface area contributed by atoms with Crippen molar-refractivity contribution in [1.29, 1.82) is 0 Å². The number of thioether (sulfide) groups is 1. The lowest BCUT2D eigenvalue weighted by molar-refractivity contribution is -0.138. The predicted octanol–water partition coefficient (Wildman–Crippen LogP) is 2.97. The van der Waals surface area contributed by atoms with E-state index < -0.39 is 17.3 Å². The van der Waals surface area contributed by atoms with Crippen LogP contribution in [0.4, 0.5) is 0 Å². The lowest BCUT2D eigenvalue weighted by Gasteiger charge is -2.19. The van der Waals surface area contributed by atoms with Crippen LogP contribution in [0.1, 0.15) is 11.7 Å². The number of hydrogen-bond acceptors (Lipinski definition) is 3. The van der Waals surface area contributed by atoms with Gasteiger partial charge in [0.1, 0.15) is 11.4 Å². The third kappa shape index (κ3) is 3.59. The number of hydrogen-bond donors (Lipinski definition) is 2. The van der Waals surface area contributed by atoms with Crippen molar-refractivity contribution in [2.24, 2.45) is 0 Å². The molecule has 2 aromatic rings. The molecular formula is C15H14O3S. The van der Waals surface area contributed by atoms with E-state index in [1.807, 2.05) is 36.4 Å². The van der Waals surface area contributed by atoms with Gasteiger partial charge in [0.05, 0.1) is 0 Å². The predicted molar refractivity (Wildman–Crippen MR) is 75.1 cm³/mol. The van der Waals surface area contributed by atoms with Gasteiger partial charge in [-0.05, 0) is 17.7 Å². The van der Waals surface area contributed by atoms with Gasteiger partial charge in [0.25, 0.3) is 0 Å². The molecular weight excluding hydrogens is 260 g/mol. The molecule has 0 aliphatic rings. The Kier molecular flexibility index (Phi) is 4.60. The zero-order chi connectivity index (χ0) is 13.7. The summed E-state index contributed by atoms with van der Waals surface area (Å²) >= 11 is 1.15. The largest absolute Gasteiger partial charge is 0.480 e. The van der Waals surface area contributed by atoms with Crippen LogP contribution in [0, 0.1) is 0 Å². The maximum absolute atomic E-state index is 11.3. The number of rotatable bonds is 5. The summed E-state index contributed by atoms with van der Waals surface area (Å²) in [5, 5.41) is 18.6. The minimum Gasteiger partial charge on any atom is -0.480 e. The summed E-state index contributed by atoms with van der Waals surface area (Å²) < 4.78 is 0. The van der Waals surface area contributed by atoms with Crippen molar-refractivity contribution in [3.63, 3.8) is 0 Å². The van der Waals surface area contributed by atoms with Gasteiger partial charge >= 0.3 is 5.97 Å². The van der Waals surface area contributed by atoms with Gasteiger partial charge in [0.15, 0.2) is 0 Å². The Labute approximate surface area is 115 Å². The molecule has 0 bridgehead atoms. The fourth-order valence-corrected chi connectivity index (χ4v) is 2.71. The number of benzene rings is 2. The quantitative estimate of drug-likeness (QED) is 0.823. The van der Waals surface area contributed by atoms with Crippen molar-refractivity contribution in [2.75, 3.05) is 0 Å². The normalized spacial score (nSPS) is 13.7. The van der Waals surface area contributed by atoms with Crippen LogP contribution in [0.5, 0.6) is 0 Å². The first-order chi connectivity index (χ1) is 9.18. The van der Waals surface area contributed by atoms with Crippen LogP contribution in [-0.4, -0.2) is 21.4 Å². The van der Waals surface area contributed by atoms with Gasteiger partial charge in [-0.25, -0.2) is 0 Å². The molecule has 0 saturated carbocycles. The van der Waals surface area contributed by atoms with Crippen LogP contribution < -0.4 is 0 Å². The van der Waals surface area contributed by atoms with Crippen molar-refractivity contribution < 1.29 is 15.0 Å². The fourth-order valence-electron chi connectivity index (χ4n) is 1.72. The van der Waals surface area contributed by atoms with Crippen LogP contribution in [0.25, 0.3) is 0 Å². The average Bonchev–Trinajstić information content (AvgIpc) is 2.46. The van der Waals surface area contributed by atoms with Crippen molar-refractivity contribution in [2.45, 2.75) is 16.2 Å². The van der Waals surface area contributed by atoms with Crippen LogP contribution in [-0.2, 0) is 4.79 Å². The molecule has 0 heterocycles. The number of aliphatic carboxylic acids is 1. The summed E-state index contributed by atoms with van der Waals surface area (Å²) in [5.41, 5.74) is 0.610. The third-order valence-electron chi connectivity index (χ3n) is 2.68. The molecule has 0 unspecified atom stereocenters. The van der Waals surface area contributed by atoms with Gasteiger partial charge < -0.3 is 10.2 Å². The summed E-state index contributed by atoms with van der Waals surface area (Å²) in [4.78, 5) is 12.2. The van der Waals surface area contributed by atoms with Crippen LogP contribution in [0.15, 0.2) is 65.6 Å². The van der Waals surface area contributed by atoms with Crippen molar-refractivity contribution in [3.05, 3.63) is 66.2 Å². The first-order valence-electron chi connectivity index (χ1n) is 5.86. The summed E-state index contributed by atoms with van der Waals surface area (Å²) in [6.07, 6.45) is -1.04. The second-order valence-corrected chi connectivity index (χ2v) is 5.26. The number of carboxylic acid groups (broad SMARTS) is 1. The van der Waals surface area contributed by atoms with Crippen LogP contribution in [0.3, 0.4) is 0 Å². The molecule has 4 heteroatoms. The molecule has 19 heavy (non-hydrogen) atoms. The van der Waals surface area contributed by atoms with Gasteiger partial charge in [0.2, 0.25) is 0 Å². The van der Waals surface area contributed by atoms with Gasteiger partial charge in [0, 0.05) is 4.90 Å². The van der Waals surface area contributed by atoms with E-state index in [2.05, 4.69) is 0 Å². The molecule has 98 valence electrons. The highest BCUT2D eigenvalue weighted by atomic mass is 32.2. The van der Waals surface area contributed by atoms with Crippen LogP contribution in [0.2, 0.25) is 0 Å². The Hall–Kier alpha value is -1.78. The zero-order valence-corrected chi connectivity index (χ0v) is 11.0. The number of aliphatic hydroxyl groups excluding tert-OH is 1. The number of carboxylic acids is 1. The molecule has 0 aliphatic carbocycles. The molecule has 2 rings (SSSR count). The van der Waals surface area contributed by atoms with E-state index in [9.17, 15) is 15.0 Å². The molecule has 0 aromatic heterocycles. The molecule has 0 spiro atoms. The third-order valence-corrected chi connectivity index (χ3v) is 3.94. The maximum Gasteiger partial charge on any atom is 0.320 e. The van der Waals surface area contributed by atoms with E-state index in [0.717, 1.165) is 16.7 Å². The van der Waals surface area contributed by atoms with Gasteiger partial charge in [-0.15, -0.1) is 11.8 Å². The van der Waals surface area contributed by atoms with Gasteiger partial charge in [-0.2, -0.15) is 0 Å². The topological polar surface area (TPSA) is 57.5 Å². The second kappa shape index (κ2) is 6.41. The summed E-state index contributed by atoms with van der Waals surface area (Å²) in [5.74, 6) is -1.02. The molecule has 2 atom stereocenters. The van der Waals surface area contributed by atoms with E-state index in [-0.39, 0.29) is 0 Å². The second-order valence-electron chi connectivity index (χ2n) is 4.05. The monoisotopic (exact) mass is 274 g/mol. The highest BCUT2D eigenvalue weighted by Crippen LogP contribution is 2.32. The molecule has 0 radical (unpaired) electrons. The van der Waals surface area contributed by atoms with Crippen molar-refractivity contribution in [3.8, 4) is 0 Å². The first-order valence-corrected chi connectivity index (χ1v) is 6.74. The zero-order valence-electron chi connectivity index (χ0n) is 10.1. The SMILES string of the molecule is O=C(O)[C@@H](Sc1ccccc1)[C@H](O)c1ccccc1. The van der Waals surface area contributed by atoms with E-state index in [1.54, 1.807) is 24.3 Å². The minimum atomic E-state index is -1.04. The highest BCUT2D eigenvalue weighted by Gasteiger charge is 2.28. The smallest absolute Gasteiger partial charge is 0.320 e. The van der Waals surface area contributed by atoms with Gasteiger partial charge in [-0.3, -0.25) is 4.79 Å². The highest BCUT2D eigenvalue weighted by molar-refractivity contribution is 8.00. The van der Waals surface area contributed by atoms with Crippen molar-refractivity contribution >= 4 is 17.7 Å². The number of carbonyl (C=O) groups is 1. The molecule has 2 aromatic carbocycles. The van der Waals surface area contributed by atoms with Crippen molar-refractivity contribution in [1.82, 2.24) is 0 Å². The summed E-state index contributed by atoms with van der Waals surface area (Å²) in [6.45, 7) is 0. The molecule has 0 fully saturated rings. The van der Waals surface area contributed by atoms with E-state index in [0.29, 0.717) is 5.56 Å². The first kappa shape index (κ1) is 13.6. The Bertz CT molecular complexity index is 528. The van der Waals surface area contributed by atoms with Crippen LogP contribution >= 0.6 is 11.8 Å². The number of aliphatic hydroxyl groups is 1. The fraction of sp³-hybridized carbons (Fsp3) is 0.133. The van der Waals surface area contributed by atoms with E-state index in [4.69, 9.17) is 0 Å². The Morgan fingerprint density at radius 3 is 2.00 bits per heavy atom. The summed E-state index contributed by atoms with van der Waals surface area (Å²) in [7, 11) is 0. The molecule has 2 N–H and O–H groups in total. The Morgan fingerprint density at radius 1 is 0.947 bits per heavy atom. The Morgan fingerprint density at radius 2 is 1.47 bits per heavy atom. The van der Waals surface area contributed by atoms with E-state index in [1.165, 1.54) is 0 Å². The summed E-state index contributed by atoms with van der Waals surface area (Å²) in [6, 6.07) is 18.1. The lowest BCUT2D eigenvalue weighted by atomic mass is 10.1.